The number of carbonyl (C=O) groups is 1. The molecule has 0 saturated carbocycles. The van der Waals surface area contributed by atoms with Crippen LogP contribution in [0.1, 0.15) is 41.0 Å². The molecule has 0 saturated heterocycles. The summed E-state index contributed by atoms with van der Waals surface area (Å²) in [5.74, 6) is -0.273. The van der Waals surface area contributed by atoms with Crippen molar-refractivity contribution in [3.05, 3.63) is 0 Å². The zero-order chi connectivity index (χ0) is 12.8. The zero-order valence-electron chi connectivity index (χ0n) is 11.0. The lowest BCUT2D eigenvalue weighted by molar-refractivity contribution is -0.145. The van der Waals surface area contributed by atoms with E-state index in [0.29, 0.717) is 19.6 Å². The predicted octanol–water partition coefficient (Wildman–Crippen LogP) is 1.32. The van der Waals surface area contributed by atoms with Gasteiger partial charge in [-0.2, -0.15) is 0 Å². The van der Waals surface area contributed by atoms with Gasteiger partial charge in [0, 0.05) is 6.54 Å². The molecule has 4 nitrogen and oxygen atoms in total. The number of aliphatic hydroxyl groups excluding tert-OH is 1. The molecule has 0 aliphatic rings. The molecular formula is C12H25NO3. The number of hydrogen-bond acceptors (Lipinski definition) is 4. The third-order valence-corrected chi connectivity index (χ3v) is 2.15. The van der Waals surface area contributed by atoms with Crippen molar-refractivity contribution in [2.75, 3.05) is 13.2 Å². The van der Waals surface area contributed by atoms with Gasteiger partial charge in [0.1, 0.15) is 6.04 Å². The molecular weight excluding hydrogens is 206 g/mol. The summed E-state index contributed by atoms with van der Waals surface area (Å²) in [5, 5.41) is 12.7. The first-order valence-corrected chi connectivity index (χ1v) is 5.84. The average molecular weight is 231 g/mol. The van der Waals surface area contributed by atoms with Crippen LogP contribution in [-0.4, -0.2) is 36.4 Å². The fourth-order valence-electron chi connectivity index (χ4n) is 1.44. The average Bonchev–Trinajstić information content (AvgIpc) is 2.11. The minimum Gasteiger partial charge on any atom is -0.465 e. The Kier molecular flexibility index (Phi) is 6.60. The molecule has 0 radical (unpaired) electrons. The van der Waals surface area contributed by atoms with Gasteiger partial charge < -0.3 is 15.2 Å². The second-order valence-corrected chi connectivity index (χ2v) is 5.30. The van der Waals surface area contributed by atoms with Crippen LogP contribution in [-0.2, 0) is 9.53 Å². The van der Waals surface area contributed by atoms with Gasteiger partial charge in [-0.05, 0) is 25.7 Å². The lowest BCUT2D eigenvalue weighted by Gasteiger charge is -2.23. The Labute approximate surface area is 98.4 Å². The van der Waals surface area contributed by atoms with Crippen LogP contribution in [0.3, 0.4) is 0 Å². The molecule has 0 rings (SSSR count). The Balaban J connectivity index is 3.83. The minimum absolute atomic E-state index is 0.0915. The molecule has 0 spiro atoms. The summed E-state index contributed by atoms with van der Waals surface area (Å²) < 4.78 is 4.85. The van der Waals surface area contributed by atoms with E-state index in [9.17, 15) is 9.90 Å². The Morgan fingerprint density at radius 3 is 2.44 bits per heavy atom. The van der Waals surface area contributed by atoms with Crippen molar-refractivity contribution in [2.24, 2.45) is 5.41 Å². The van der Waals surface area contributed by atoms with Gasteiger partial charge in [-0.25, -0.2) is 0 Å². The van der Waals surface area contributed by atoms with Crippen LogP contribution in [0.4, 0.5) is 0 Å². The molecule has 0 heterocycles. The van der Waals surface area contributed by atoms with Gasteiger partial charge in [-0.15, -0.1) is 0 Å². The highest BCUT2D eigenvalue weighted by atomic mass is 16.5. The third-order valence-electron chi connectivity index (χ3n) is 2.15. The lowest BCUT2D eigenvalue weighted by Crippen LogP contribution is -2.40. The summed E-state index contributed by atoms with van der Waals surface area (Å²) >= 11 is 0. The van der Waals surface area contributed by atoms with Crippen molar-refractivity contribution in [2.45, 2.75) is 53.2 Å². The van der Waals surface area contributed by atoms with Crippen LogP contribution in [0.2, 0.25) is 0 Å². The molecule has 4 heteroatoms. The van der Waals surface area contributed by atoms with E-state index in [1.807, 2.05) is 0 Å². The number of aliphatic hydroxyl groups is 1. The van der Waals surface area contributed by atoms with Gasteiger partial charge in [0.15, 0.2) is 0 Å². The molecule has 96 valence electrons. The van der Waals surface area contributed by atoms with Gasteiger partial charge in [0.25, 0.3) is 0 Å². The molecule has 0 bridgehead atoms. The van der Waals surface area contributed by atoms with Crippen molar-refractivity contribution in [1.82, 2.24) is 5.32 Å². The van der Waals surface area contributed by atoms with Crippen LogP contribution in [0.5, 0.6) is 0 Å². The summed E-state index contributed by atoms with van der Waals surface area (Å²) in [6.45, 7) is 10.5. The first-order valence-electron chi connectivity index (χ1n) is 5.84. The summed E-state index contributed by atoms with van der Waals surface area (Å²) in [6, 6.07) is -0.366. The SMILES string of the molecule is CCOC(=O)C(C)NCC(O)CC(C)(C)C. The van der Waals surface area contributed by atoms with Crippen LogP contribution < -0.4 is 5.32 Å². The third kappa shape index (κ3) is 7.65. The number of carbonyl (C=O) groups excluding carboxylic acids is 1. The van der Waals surface area contributed by atoms with Gasteiger partial charge in [0.05, 0.1) is 12.7 Å². The van der Waals surface area contributed by atoms with E-state index in [0.717, 1.165) is 0 Å². The molecule has 2 N–H and O–H groups in total. The second kappa shape index (κ2) is 6.86. The molecule has 2 unspecified atom stereocenters. The monoisotopic (exact) mass is 231 g/mol. The molecule has 0 amide bonds. The second-order valence-electron chi connectivity index (χ2n) is 5.30. The van der Waals surface area contributed by atoms with Crippen LogP contribution >= 0.6 is 0 Å². The van der Waals surface area contributed by atoms with Crippen LogP contribution in [0.25, 0.3) is 0 Å². The first-order chi connectivity index (χ1) is 7.26. The highest BCUT2D eigenvalue weighted by Crippen LogP contribution is 2.20. The molecule has 0 fully saturated rings. The van der Waals surface area contributed by atoms with E-state index in [1.165, 1.54) is 0 Å². The van der Waals surface area contributed by atoms with Crippen LogP contribution in [0, 0.1) is 5.41 Å². The summed E-state index contributed by atoms with van der Waals surface area (Å²) in [5.41, 5.74) is 0.0915. The fraction of sp³-hybridized carbons (Fsp3) is 0.917. The van der Waals surface area contributed by atoms with Crippen molar-refractivity contribution in [1.29, 1.82) is 0 Å². The van der Waals surface area contributed by atoms with Gasteiger partial charge in [0.2, 0.25) is 0 Å². The van der Waals surface area contributed by atoms with E-state index in [2.05, 4.69) is 26.1 Å². The Hall–Kier alpha value is -0.610. The van der Waals surface area contributed by atoms with E-state index in [-0.39, 0.29) is 17.4 Å². The number of esters is 1. The maximum Gasteiger partial charge on any atom is 0.322 e. The quantitative estimate of drug-likeness (QED) is 0.677. The smallest absolute Gasteiger partial charge is 0.322 e. The van der Waals surface area contributed by atoms with Crippen molar-refractivity contribution in [3.63, 3.8) is 0 Å². The summed E-state index contributed by atoms with van der Waals surface area (Å²) in [6.07, 6.45) is 0.270. The first kappa shape index (κ1) is 15.4. The van der Waals surface area contributed by atoms with Gasteiger partial charge >= 0.3 is 5.97 Å². The summed E-state index contributed by atoms with van der Waals surface area (Å²) in [4.78, 5) is 11.3. The maximum atomic E-state index is 11.3. The fourth-order valence-corrected chi connectivity index (χ4v) is 1.44. The molecule has 0 aliphatic carbocycles. The molecule has 2 atom stereocenters. The van der Waals surface area contributed by atoms with Crippen molar-refractivity contribution < 1.29 is 14.6 Å². The van der Waals surface area contributed by atoms with E-state index in [4.69, 9.17) is 4.74 Å². The normalized spacial score (nSPS) is 15.6. The maximum absolute atomic E-state index is 11.3. The number of ether oxygens (including phenoxy) is 1. The van der Waals surface area contributed by atoms with E-state index in [1.54, 1.807) is 13.8 Å². The van der Waals surface area contributed by atoms with Gasteiger partial charge in [-0.3, -0.25) is 4.79 Å². The topological polar surface area (TPSA) is 58.6 Å². The summed E-state index contributed by atoms with van der Waals surface area (Å²) in [7, 11) is 0. The Bertz CT molecular complexity index is 211. The number of nitrogens with one attached hydrogen (secondary N) is 1. The minimum atomic E-state index is -0.433. The molecule has 0 aliphatic heterocycles. The molecule has 0 aromatic rings. The lowest BCUT2D eigenvalue weighted by atomic mass is 9.89. The van der Waals surface area contributed by atoms with Gasteiger partial charge in [-0.1, -0.05) is 20.8 Å². The number of hydrogen-bond donors (Lipinski definition) is 2. The van der Waals surface area contributed by atoms with Crippen molar-refractivity contribution in [3.8, 4) is 0 Å². The molecule has 16 heavy (non-hydrogen) atoms. The Morgan fingerprint density at radius 2 is 2.00 bits per heavy atom. The van der Waals surface area contributed by atoms with Crippen molar-refractivity contribution >= 4 is 5.97 Å². The molecule has 0 aromatic carbocycles. The standard InChI is InChI=1S/C12H25NO3/c1-6-16-11(15)9(2)13-8-10(14)7-12(3,4)5/h9-10,13-14H,6-8H2,1-5H3. The van der Waals surface area contributed by atoms with Crippen LogP contribution in [0.15, 0.2) is 0 Å². The zero-order valence-corrected chi connectivity index (χ0v) is 11.0. The highest BCUT2D eigenvalue weighted by Gasteiger charge is 2.19. The largest absolute Gasteiger partial charge is 0.465 e. The Morgan fingerprint density at radius 1 is 1.44 bits per heavy atom. The predicted molar refractivity (Wildman–Crippen MR) is 64.2 cm³/mol. The highest BCUT2D eigenvalue weighted by molar-refractivity contribution is 5.75. The van der Waals surface area contributed by atoms with E-state index < -0.39 is 6.10 Å². The van der Waals surface area contributed by atoms with E-state index >= 15 is 0 Å². The molecule has 0 aromatic heterocycles. The number of rotatable bonds is 6.